The number of aromatic nitrogens is 1. The summed E-state index contributed by atoms with van der Waals surface area (Å²) in [6.07, 6.45) is 0. The van der Waals surface area contributed by atoms with Crippen LogP contribution in [-0.2, 0) is 0 Å². The number of nitrogens with one attached hydrogen (secondary N) is 2. The third-order valence-electron chi connectivity index (χ3n) is 2.13. The molecular formula is C11H9ClN2O2S. The summed E-state index contributed by atoms with van der Waals surface area (Å²) >= 11 is 6.63. The van der Waals surface area contributed by atoms with Crippen LogP contribution in [0.15, 0.2) is 29.1 Å². The molecule has 17 heavy (non-hydrogen) atoms. The summed E-state index contributed by atoms with van der Waals surface area (Å²) in [4.78, 5) is 25.6. The van der Waals surface area contributed by atoms with Gasteiger partial charge in [-0.2, -0.15) is 0 Å². The molecule has 88 valence electrons. The molecule has 0 aliphatic carbocycles. The van der Waals surface area contributed by atoms with Crippen LogP contribution in [0.25, 0.3) is 0 Å². The van der Waals surface area contributed by atoms with Gasteiger partial charge in [0.1, 0.15) is 4.88 Å². The molecule has 2 aromatic rings. The minimum absolute atomic E-state index is 0.233. The van der Waals surface area contributed by atoms with Crippen LogP contribution >= 0.6 is 22.9 Å². The third kappa shape index (κ3) is 2.75. The fourth-order valence-electron chi connectivity index (χ4n) is 1.34. The topological polar surface area (TPSA) is 62.0 Å². The maximum atomic E-state index is 11.8. The predicted octanol–water partition coefficient (Wildman–Crippen LogP) is 2.65. The summed E-state index contributed by atoms with van der Waals surface area (Å²) in [5.41, 5.74) is 1.21. The predicted molar refractivity (Wildman–Crippen MR) is 69.1 cm³/mol. The van der Waals surface area contributed by atoms with Crippen LogP contribution in [-0.4, -0.2) is 10.9 Å². The van der Waals surface area contributed by atoms with E-state index in [4.69, 9.17) is 11.6 Å². The van der Waals surface area contributed by atoms with E-state index in [0.29, 0.717) is 21.3 Å². The summed E-state index contributed by atoms with van der Waals surface area (Å²) < 4.78 is 0. The largest absolute Gasteiger partial charge is 0.321 e. The minimum atomic E-state index is -0.298. The van der Waals surface area contributed by atoms with Gasteiger partial charge in [-0.15, -0.1) is 0 Å². The average Bonchev–Trinajstić information content (AvgIpc) is 2.61. The molecule has 0 bridgehead atoms. The molecule has 0 saturated heterocycles. The number of halogens is 1. The number of carbonyl (C=O) groups is 1. The third-order valence-corrected chi connectivity index (χ3v) is 3.37. The van der Waals surface area contributed by atoms with E-state index in [1.165, 1.54) is 0 Å². The molecule has 1 amide bonds. The van der Waals surface area contributed by atoms with Gasteiger partial charge in [0.05, 0.1) is 0 Å². The van der Waals surface area contributed by atoms with Gasteiger partial charge in [-0.25, -0.2) is 0 Å². The Morgan fingerprint density at radius 1 is 1.35 bits per heavy atom. The number of carbonyl (C=O) groups excluding carboxylic acids is 1. The molecule has 1 heterocycles. The minimum Gasteiger partial charge on any atom is -0.321 e. The molecule has 0 spiro atoms. The maximum absolute atomic E-state index is 11.8. The van der Waals surface area contributed by atoms with Gasteiger partial charge in [0, 0.05) is 16.4 Å². The fourth-order valence-corrected chi connectivity index (χ4v) is 2.21. The van der Waals surface area contributed by atoms with Crippen molar-refractivity contribution < 1.29 is 4.79 Å². The molecule has 0 fully saturated rings. The summed E-state index contributed by atoms with van der Waals surface area (Å²) in [5, 5.41) is 3.30. The highest BCUT2D eigenvalue weighted by Crippen LogP contribution is 2.16. The van der Waals surface area contributed by atoms with Gasteiger partial charge >= 0.3 is 4.87 Å². The first-order chi connectivity index (χ1) is 8.06. The van der Waals surface area contributed by atoms with Crippen LogP contribution < -0.4 is 10.2 Å². The second kappa shape index (κ2) is 4.73. The van der Waals surface area contributed by atoms with Gasteiger partial charge in [-0.05, 0) is 31.2 Å². The Bertz CT molecular complexity index is 601. The van der Waals surface area contributed by atoms with Crippen LogP contribution in [0.1, 0.15) is 15.4 Å². The number of anilines is 1. The van der Waals surface area contributed by atoms with Crippen molar-refractivity contribution in [2.24, 2.45) is 0 Å². The van der Waals surface area contributed by atoms with E-state index in [-0.39, 0.29) is 10.8 Å². The Balaban J connectivity index is 2.20. The van der Waals surface area contributed by atoms with Crippen LogP contribution in [0.4, 0.5) is 5.69 Å². The van der Waals surface area contributed by atoms with Gasteiger partial charge in [0.25, 0.3) is 5.91 Å². The Kier molecular flexibility index (Phi) is 3.31. The van der Waals surface area contributed by atoms with Crippen LogP contribution in [0, 0.1) is 6.92 Å². The van der Waals surface area contributed by atoms with Crippen molar-refractivity contribution in [3.8, 4) is 0 Å². The van der Waals surface area contributed by atoms with Crippen molar-refractivity contribution in [3.05, 3.63) is 49.5 Å². The lowest BCUT2D eigenvalue weighted by Gasteiger charge is -2.03. The zero-order valence-corrected chi connectivity index (χ0v) is 10.5. The summed E-state index contributed by atoms with van der Waals surface area (Å²) in [5.74, 6) is -0.298. The molecule has 1 aromatic heterocycles. The van der Waals surface area contributed by atoms with Crippen molar-refractivity contribution in [2.45, 2.75) is 6.92 Å². The lowest BCUT2D eigenvalue weighted by molar-refractivity contribution is 0.103. The normalized spacial score (nSPS) is 10.2. The molecular weight excluding hydrogens is 260 g/mol. The lowest BCUT2D eigenvalue weighted by Crippen LogP contribution is -2.11. The van der Waals surface area contributed by atoms with Gasteiger partial charge in [-0.3, -0.25) is 9.59 Å². The summed E-state index contributed by atoms with van der Waals surface area (Å²) in [6, 6.07) is 6.77. The molecule has 0 radical (unpaired) electrons. The number of rotatable bonds is 2. The molecule has 4 nitrogen and oxygen atoms in total. The lowest BCUT2D eigenvalue weighted by atomic mass is 10.3. The van der Waals surface area contributed by atoms with Gasteiger partial charge < -0.3 is 10.3 Å². The van der Waals surface area contributed by atoms with Crippen LogP contribution in [0.5, 0.6) is 0 Å². The van der Waals surface area contributed by atoms with E-state index >= 15 is 0 Å². The molecule has 0 aliphatic heterocycles. The van der Waals surface area contributed by atoms with E-state index in [0.717, 1.165) is 11.3 Å². The van der Waals surface area contributed by atoms with E-state index in [1.54, 1.807) is 31.2 Å². The highest BCUT2D eigenvalue weighted by Gasteiger charge is 2.13. The first-order valence-corrected chi connectivity index (χ1v) is 6.02. The number of hydrogen-bond acceptors (Lipinski definition) is 3. The number of aromatic amines is 1. The van der Waals surface area contributed by atoms with Crippen molar-refractivity contribution in [1.29, 1.82) is 0 Å². The zero-order valence-electron chi connectivity index (χ0n) is 8.91. The molecule has 0 saturated carbocycles. The Morgan fingerprint density at radius 2 is 2.00 bits per heavy atom. The van der Waals surface area contributed by atoms with Crippen molar-refractivity contribution in [1.82, 2.24) is 4.98 Å². The van der Waals surface area contributed by atoms with Crippen molar-refractivity contribution in [3.63, 3.8) is 0 Å². The number of hydrogen-bond donors (Lipinski definition) is 2. The van der Waals surface area contributed by atoms with E-state index < -0.39 is 0 Å². The average molecular weight is 269 g/mol. The highest BCUT2D eigenvalue weighted by molar-refractivity contribution is 7.11. The summed E-state index contributed by atoms with van der Waals surface area (Å²) in [6.45, 7) is 1.69. The molecule has 0 unspecified atom stereocenters. The Labute approximate surface area is 106 Å². The van der Waals surface area contributed by atoms with Gasteiger partial charge in [0.2, 0.25) is 0 Å². The fraction of sp³-hybridized carbons (Fsp3) is 0.0909. The number of aryl methyl sites for hydroxylation is 1. The number of amides is 1. The number of thiazole rings is 1. The standard InChI is InChI=1S/C11H9ClN2O2S/c1-6-9(17-11(16)13-6)10(15)14-8-4-2-7(12)3-5-8/h2-5H,1H3,(H,13,16)(H,14,15). The Hall–Kier alpha value is -1.59. The monoisotopic (exact) mass is 268 g/mol. The van der Waals surface area contributed by atoms with Gasteiger partial charge in [0.15, 0.2) is 0 Å². The van der Waals surface area contributed by atoms with Crippen molar-refractivity contribution in [2.75, 3.05) is 5.32 Å². The Morgan fingerprint density at radius 3 is 2.53 bits per heavy atom. The first-order valence-electron chi connectivity index (χ1n) is 4.83. The summed E-state index contributed by atoms with van der Waals surface area (Å²) in [7, 11) is 0. The van der Waals surface area contributed by atoms with E-state index in [1.807, 2.05) is 0 Å². The molecule has 2 N–H and O–H groups in total. The van der Waals surface area contributed by atoms with E-state index in [2.05, 4.69) is 10.3 Å². The smallest absolute Gasteiger partial charge is 0.305 e. The quantitative estimate of drug-likeness (QED) is 0.880. The second-order valence-corrected chi connectivity index (χ2v) is 4.85. The molecule has 6 heteroatoms. The number of benzene rings is 1. The molecule has 0 atom stereocenters. The molecule has 0 aliphatic rings. The van der Waals surface area contributed by atoms with Gasteiger partial charge in [-0.1, -0.05) is 22.9 Å². The SMILES string of the molecule is Cc1[nH]c(=O)sc1C(=O)Nc1ccc(Cl)cc1. The van der Waals surface area contributed by atoms with E-state index in [9.17, 15) is 9.59 Å². The van der Waals surface area contributed by atoms with Crippen LogP contribution in [0.2, 0.25) is 5.02 Å². The molecule has 1 aromatic carbocycles. The first kappa shape index (κ1) is 11.9. The maximum Gasteiger partial charge on any atom is 0.305 e. The highest BCUT2D eigenvalue weighted by atomic mass is 35.5. The van der Waals surface area contributed by atoms with Crippen molar-refractivity contribution >= 4 is 34.5 Å². The zero-order chi connectivity index (χ0) is 12.4. The van der Waals surface area contributed by atoms with Crippen LogP contribution in [0.3, 0.4) is 0 Å². The number of H-pyrrole nitrogens is 1. The second-order valence-electron chi connectivity index (χ2n) is 3.43. The molecule has 2 rings (SSSR count).